The van der Waals surface area contributed by atoms with Gasteiger partial charge in [-0.2, -0.15) is 0 Å². The molecule has 2 N–H and O–H groups in total. The first-order chi connectivity index (χ1) is 7.72. The highest BCUT2D eigenvalue weighted by Gasteiger charge is 2.26. The molecule has 2 atom stereocenters. The second-order valence-electron chi connectivity index (χ2n) is 4.52. The average Bonchev–Trinajstić information content (AvgIpc) is 2.32. The van der Waals surface area contributed by atoms with E-state index in [4.69, 9.17) is 5.73 Å². The maximum atomic E-state index is 6.08. The summed E-state index contributed by atoms with van der Waals surface area (Å²) in [6.07, 6.45) is 4.34. The van der Waals surface area contributed by atoms with Gasteiger partial charge in [-0.15, -0.1) is 11.8 Å². The Kier molecular flexibility index (Phi) is 3.90. The fourth-order valence-corrected chi connectivity index (χ4v) is 3.07. The van der Waals surface area contributed by atoms with Gasteiger partial charge < -0.3 is 5.73 Å². The Morgan fingerprint density at radius 2 is 2.12 bits per heavy atom. The maximum Gasteiger partial charge on any atom is 0.0370 e. The van der Waals surface area contributed by atoms with E-state index in [1.165, 1.54) is 10.5 Å². The summed E-state index contributed by atoms with van der Waals surface area (Å²) in [7, 11) is 2.20. The molecule has 1 aliphatic heterocycles. The summed E-state index contributed by atoms with van der Waals surface area (Å²) in [5.74, 6) is 0. The highest BCUT2D eigenvalue weighted by atomic mass is 32.2. The standard InChI is InChI=1S/C13H20N2S/c1-15-8-7-10(14)9-12(15)11-5-3-4-6-13(11)16-2/h3-6,10,12H,7-9,14H2,1-2H3. The number of hydrogen-bond acceptors (Lipinski definition) is 3. The molecule has 0 saturated carbocycles. The van der Waals surface area contributed by atoms with Gasteiger partial charge in [0.15, 0.2) is 0 Å². The largest absolute Gasteiger partial charge is 0.328 e. The van der Waals surface area contributed by atoms with E-state index in [1.54, 1.807) is 0 Å². The third-order valence-electron chi connectivity index (χ3n) is 3.41. The van der Waals surface area contributed by atoms with Crippen LogP contribution in [-0.4, -0.2) is 30.8 Å². The van der Waals surface area contributed by atoms with E-state index in [9.17, 15) is 0 Å². The lowest BCUT2D eigenvalue weighted by molar-refractivity contribution is 0.169. The van der Waals surface area contributed by atoms with Gasteiger partial charge in [0, 0.05) is 17.0 Å². The molecule has 2 rings (SSSR count). The molecule has 1 saturated heterocycles. The number of piperidine rings is 1. The van der Waals surface area contributed by atoms with Gasteiger partial charge in [-0.3, -0.25) is 4.90 Å². The third kappa shape index (κ3) is 2.42. The van der Waals surface area contributed by atoms with Crippen molar-refractivity contribution in [3.8, 4) is 0 Å². The van der Waals surface area contributed by atoms with E-state index in [0.717, 1.165) is 19.4 Å². The van der Waals surface area contributed by atoms with E-state index < -0.39 is 0 Å². The number of nitrogens with two attached hydrogens (primary N) is 1. The molecule has 3 heteroatoms. The molecule has 2 nitrogen and oxygen atoms in total. The van der Waals surface area contributed by atoms with Crippen LogP contribution in [0.4, 0.5) is 0 Å². The smallest absolute Gasteiger partial charge is 0.0370 e. The van der Waals surface area contributed by atoms with Crippen molar-refractivity contribution in [1.82, 2.24) is 4.90 Å². The fraction of sp³-hybridized carbons (Fsp3) is 0.538. The number of benzene rings is 1. The van der Waals surface area contributed by atoms with Crippen molar-refractivity contribution >= 4 is 11.8 Å². The zero-order valence-corrected chi connectivity index (χ0v) is 10.8. The van der Waals surface area contributed by atoms with Crippen LogP contribution in [0.1, 0.15) is 24.4 Å². The molecule has 88 valence electrons. The van der Waals surface area contributed by atoms with Gasteiger partial charge >= 0.3 is 0 Å². The molecule has 2 unspecified atom stereocenters. The molecule has 1 fully saturated rings. The van der Waals surface area contributed by atoms with Gasteiger partial charge in [0.05, 0.1) is 0 Å². The fourth-order valence-electron chi connectivity index (χ4n) is 2.42. The molecule has 0 amide bonds. The average molecular weight is 236 g/mol. The predicted octanol–water partition coefficient (Wildman–Crippen LogP) is 2.50. The lowest BCUT2D eigenvalue weighted by Crippen LogP contribution is -2.40. The highest BCUT2D eigenvalue weighted by molar-refractivity contribution is 7.98. The number of thioether (sulfide) groups is 1. The lowest BCUT2D eigenvalue weighted by atomic mass is 9.93. The summed E-state index contributed by atoms with van der Waals surface area (Å²) in [6.45, 7) is 1.11. The van der Waals surface area contributed by atoms with Crippen molar-refractivity contribution in [2.45, 2.75) is 29.8 Å². The molecule has 1 aliphatic rings. The number of likely N-dealkylation sites (tertiary alicyclic amines) is 1. The minimum absolute atomic E-state index is 0.358. The molecule has 1 heterocycles. The van der Waals surface area contributed by atoms with Gasteiger partial charge in [0.1, 0.15) is 0 Å². The van der Waals surface area contributed by atoms with Gasteiger partial charge in [0.25, 0.3) is 0 Å². The van der Waals surface area contributed by atoms with Crippen LogP contribution in [-0.2, 0) is 0 Å². The summed E-state index contributed by atoms with van der Waals surface area (Å²) in [5.41, 5.74) is 7.52. The third-order valence-corrected chi connectivity index (χ3v) is 4.22. The number of rotatable bonds is 2. The van der Waals surface area contributed by atoms with E-state index in [0.29, 0.717) is 12.1 Å². The first-order valence-electron chi connectivity index (χ1n) is 5.81. The van der Waals surface area contributed by atoms with Crippen LogP contribution in [0.25, 0.3) is 0 Å². The first kappa shape index (κ1) is 12.0. The van der Waals surface area contributed by atoms with Crippen molar-refractivity contribution < 1.29 is 0 Å². The van der Waals surface area contributed by atoms with E-state index in [-0.39, 0.29) is 0 Å². The second kappa shape index (κ2) is 5.21. The van der Waals surface area contributed by atoms with E-state index >= 15 is 0 Å². The molecule has 16 heavy (non-hydrogen) atoms. The Labute approximate surface area is 102 Å². The number of nitrogens with zero attached hydrogens (tertiary/aromatic N) is 1. The topological polar surface area (TPSA) is 29.3 Å². The monoisotopic (exact) mass is 236 g/mol. The van der Waals surface area contributed by atoms with Crippen LogP contribution in [0.15, 0.2) is 29.2 Å². The normalized spacial score (nSPS) is 26.9. The SMILES string of the molecule is CSc1ccccc1C1CC(N)CCN1C. The van der Waals surface area contributed by atoms with E-state index in [1.807, 2.05) is 11.8 Å². The van der Waals surface area contributed by atoms with Crippen molar-refractivity contribution in [3.63, 3.8) is 0 Å². The predicted molar refractivity (Wildman–Crippen MR) is 70.8 cm³/mol. The van der Waals surface area contributed by atoms with Crippen molar-refractivity contribution in [2.75, 3.05) is 19.8 Å². The molecule has 0 aliphatic carbocycles. The minimum atomic E-state index is 0.358. The van der Waals surface area contributed by atoms with Crippen LogP contribution in [0.2, 0.25) is 0 Å². The summed E-state index contributed by atoms with van der Waals surface area (Å²) in [6, 6.07) is 9.53. The maximum absolute atomic E-state index is 6.08. The second-order valence-corrected chi connectivity index (χ2v) is 5.37. The lowest BCUT2D eigenvalue weighted by Gasteiger charge is -2.36. The molecular weight excluding hydrogens is 216 g/mol. The molecule has 1 aromatic carbocycles. The quantitative estimate of drug-likeness (QED) is 0.800. The number of hydrogen-bond donors (Lipinski definition) is 1. The Morgan fingerprint density at radius 3 is 2.88 bits per heavy atom. The Balaban J connectivity index is 2.27. The van der Waals surface area contributed by atoms with Gasteiger partial charge in [-0.25, -0.2) is 0 Å². The summed E-state index contributed by atoms with van der Waals surface area (Å²) < 4.78 is 0. The van der Waals surface area contributed by atoms with Crippen LogP contribution >= 0.6 is 11.8 Å². The molecule has 1 aromatic rings. The molecule has 0 spiro atoms. The zero-order chi connectivity index (χ0) is 11.5. The minimum Gasteiger partial charge on any atom is -0.328 e. The van der Waals surface area contributed by atoms with Gasteiger partial charge in [-0.1, -0.05) is 18.2 Å². The van der Waals surface area contributed by atoms with Crippen LogP contribution in [0.5, 0.6) is 0 Å². The summed E-state index contributed by atoms with van der Waals surface area (Å²) >= 11 is 1.82. The van der Waals surface area contributed by atoms with Crippen LogP contribution in [0.3, 0.4) is 0 Å². The van der Waals surface area contributed by atoms with Gasteiger partial charge in [0.2, 0.25) is 0 Å². The Hall–Kier alpha value is -0.510. The summed E-state index contributed by atoms with van der Waals surface area (Å²) in [5, 5.41) is 0. The van der Waals surface area contributed by atoms with Crippen molar-refractivity contribution in [2.24, 2.45) is 5.73 Å². The first-order valence-corrected chi connectivity index (χ1v) is 7.03. The van der Waals surface area contributed by atoms with Crippen molar-refractivity contribution in [3.05, 3.63) is 29.8 Å². The van der Waals surface area contributed by atoms with E-state index in [2.05, 4.69) is 42.5 Å². The highest BCUT2D eigenvalue weighted by Crippen LogP contribution is 2.34. The molecule has 0 bridgehead atoms. The van der Waals surface area contributed by atoms with Crippen LogP contribution in [0, 0.1) is 0 Å². The zero-order valence-electron chi connectivity index (χ0n) is 10.0. The Morgan fingerprint density at radius 1 is 1.38 bits per heavy atom. The van der Waals surface area contributed by atoms with Gasteiger partial charge in [-0.05, 0) is 44.3 Å². The van der Waals surface area contributed by atoms with Crippen molar-refractivity contribution in [1.29, 1.82) is 0 Å². The molecular formula is C13H20N2S. The summed E-state index contributed by atoms with van der Waals surface area (Å²) in [4.78, 5) is 3.81. The molecule has 0 aromatic heterocycles. The molecule has 0 radical (unpaired) electrons. The van der Waals surface area contributed by atoms with Crippen LogP contribution < -0.4 is 5.73 Å². The Bertz CT molecular complexity index is 354.